The quantitative estimate of drug-likeness (QED) is 0.234. The molecule has 1 aromatic carbocycles. The SMILES string of the molecule is CCCCCOC(=O)CCCCCCCCC(=O)Oc1cc(F)cc(F)c1. The molecule has 6 heteroatoms. The zero-order valence-corrected chi connectivity index (χ0v) is 16.1. The minimum absolute atomic E-state index is 0.112. The number of ether oxygens (including phenoxy) is 2. The van der Waals surface area contributed by atoms with Crippen molar-refractivity contribution in [2.75, 3.05) is 6.61 Å². The minimum atomic E-state index is -0.775. The lowest BCUT2D eigenvalue weighted by molar-refractivity contribution is -0.144. The van der Waals surface area contributed by atoms with Gasteiger partial charge in [0.05, 0.1) is 6.61 Å². The van der Waals surface area contributed by atoms with E-state index in [1.54, 1.807) is 0 Å². The van der Waals surface area contributed by atoms with E-state index in [9.17, 15) is 18.4 Å². The van der Waals surface area contributed by atoms with Crippen LogP contribution >= 0.6 is 0 Å². The Morgan fingerprint density at radius 1 is 0.778 bits per heavy atom. The van der Waals surface area contributed by atoms with Crippen molar-refractivity contribution in [3.63, 3.8) is 0 Å². The molecule has 152 valence electrons. The molecule has 0 amide bonds. The average molecular weight is 384 g/mol. The van der Waals surface area contributed by atoms with Gasteiger partial charge in [0, 0.05) is 31.0 Å². The Labute approximate surface area is 160 Å². The van der Waals surface area contributed by atoms with Gasteiger partial charge in [-0.1, -0.05) is 45.4 Å². The number of esters is 2. The molecule has 0 N–H and O–H groups in total. The maximum absolute atomic E-state index is 13.0. The summed E-state index contributed by atoms with van der Waals surface area (Å²) in [6.07, 6.45) is 9.06. The average Bonchev–Trinajstić information content (AvgIpc) is 2.60. The molecule has 0 unspecified atom stereocenters. The Morgan fingerprint density at radius 3 is 1.93 bits per heavy atom. The highest BCUT2D eigenvalue weighted by Gasteiger charge is 2.08. The Hall–Kier alpha value is -1.98. The summed E-state index contributed by atoms with van der Waals surface area (Å²) in [5.41, 5.74) is 0. The number of hydrogen-bond donors (Lipinski definition) is 0. The molecule has 0 saturated heterocycles. The Bertz CT molecular complexity index is 555. The van der Waals surface area contributed by atoms with Crippen LogP contribution in [0.4, 0.5) is 8.78 Å². The molecule has 0 aliphatic rings. The van der Waals surface area contributed by atoms with E-state index in [1.165, 1.54) is 0 Å². The summed E-state index contributed by atoms with van der Waals surface area (Å²) < 4.78 is 36.1. The minimum Gasteiger partial charge on any atom is -0.466 e. The molecule has 0 aliphatic heterocycles. The molecule has 4 nitrogen and oxygen atoms in total. The summed E-state index contributed by atoms with van der Waals surface area (Å²) in [5, 5.41) is 0. The number of hydrogen-bond acceptors (Lipinski definition) is 4. The normalized spacial score (nSPS) is 10.6. The van der Waals surface area contributed by atoms with Gasteiger partial charge in [-0.2, -0.15) is 0 Å². The smallest absolute Gasteiger partial charge is 0.311 e. The van der Waals surface area contributed by atoms with E-state index >= 15 is 0 Å². The molecule has 0 aromatic heterocycles. The number of carbonyl (C=O) groups is 2. The summed E-state index contributed by atoms with van der Waals surface area (Å²) in [7, 11) is 0. The first kappa shape index (κ1) is 23.1. The van der Waals surface area contributed by atoms with Crippen molar-refractivity contribution >= 4 is 11.9 Å². The molecule has 0 saturated carbocycles. The van der Waals surface area contributed by atoms with Crippen molar-refractivity contribution in [1.82, 2.24) is 0 Å². The second kappa shape index (κ2) is 14.1. The van der Waals surface area contributed by atoms with Gasteiger partial charge in [0.2, 0.25) is 0 Å². The fourth-order valence-corrected chi connectivity index (χ4v) is 2.63. The van der Waals surface area contributed by atoms with Crippen molar-refractivity contribution in [1.29, 1.82) is 0 Å². The van der Waals surface area contributed by atoms with Gasteiger partial charge in [-0.3, -0.25) is 9.59 Å². The van der Waals surface area contributed by atoms with Gasteiger partial charge < -0.3 is 9.47 Å². The van der Waals surface area contributed by atoms with Gasteiger partial charge >= 0.3 is 11.9 Å². The van der Waals surface area contributed by atoms with Crippen LogP contribution < -0.4 is 4.74 Å². The third-order valence-corrected chi connectivity index (χ3v) is 4.09. The first-order valence-corrected chi connectivity index (χ1v) is 9.83. The number of unbranched alkanes of at least 4 members (excludes halogenated alkanes) is 7. The summed E-state index contributed by atoms with van der Waals surface area (Å²) in [6.45, 7) is 2.63. The first-order chi connectivity index (χ1) is 13.0. The van der Waals surface area contributed by atoms with Crippen LogP contribution in [0.5, 0.6) is 5.75 Å². The van der Waals surface area contributed by atoms with Crippen LogP contribution in [0.3, 0.4) is 0 Å². The van der Waals surface area contributed by atoms with E-state index in [-0.39, 0.29) is 18.1 Å². The number of rotatable bonds is 14. The van der Waals surface area contributed by atoms with Crippen molar-refractivity contribution in [3.05, 3.63) is 29.8 Å². The highest BCUT2D eigenvalue weighted by Crippen LogP contribution is 2.17. The van der Waals surface area contributed by atoms with Gasteiger partial charge in [0.1, 0.15) is 17.4 Å². The van der Waals surface area contributed by atoms with E-state index in [1.807, 2.05) is 0 Å². The molecule has 0 fully saturated rings. The third-order valence-electron chi connectivity index (χ3n) is 4.09. The maximum atomic E-state index is 13.0. The zero-order chi connectivity index (χ0) is 19.9. The molecule has 0 atom stereocenters. The molecule has 0 spiro atoms. The molecule has 27 heavy (non-hydrogen) atoms. The molecular weight excluding hydrogens is 354 g/mol. The molecule has 0 bridgehead atoms. The van der Waals surface area contributed by atoms with Crippen molar-refractivity contribution in [2.24, 2.45) is 0 Å². The number of carbonyl (C=O) groups excluding carboxylic acids is 2. The lowest BCUT2D eigenvalue weighted by Gasteiger charge is -2.05. The lowest BCUT2D eigenvalue weighted by atomic mass is 10.1. The summed E-state index contributed by atoms with van der Waals surface area (Å²) >= 11 is 0. The van der Waals surface area contributed by atoms with Crippen LogP contribution in [0.1, 0.15) is 77.6 Å². The lowest BCUT2D eigenvalue weighted by Crippen LogP contribution is -2.08. The molecular formula is C21H30F2O4. The van der Waals surface area contributed by atoms with E-state index in [0.717, 1.165) is 69.6 Å². The van der Waals surface area contributed by atoms with Crippen LogP contribution in [0.2, 0.25) is 0 Å². The molecule has 0 heterocycles. The predicted molar refractivity (Wildman–Crippen MR) is 99.4 cm³/mol. The van der Waals surface area contributed by atoms with Crippen LogP contribution in [-0.2, 0) is 14.3 Å². The topological polar surface area (TPSA) is 52.6 Å². The summed E-state index contributed by atoms with van der Waals surface area (Å²) in [4.78, 5) is 23.1. The Balaban J connectivity index is 1.97. The largest absolute Gasteiger partial charge is 0.466 e. The number of halogens is 2. The molecule has 0 aliphatic carbocycles. The highest BCUT2D eigenvalue weighted by atomic mass is 19.1. The monoisotopic (exact) mass is 384 g/mol. The molecule has 1 rings (SSSR count). The highest BCUT2D eigenvalue weighted by molar-refractivity contribution is 5.72. The van der Waals surface area contributed by atoms with Crippen LogP contribution in [-0.4, -0.2) is 18.5 Å². The second-order valence-electron chi connectivity index (χ2n) is 6.63. The van der Waals surface area contributed by atoms with Gasteiger partial charge in [-0.25, -0.2) is 8.78 Å². The van der Waals surface area contributed by atoms with E-state index < -0.39 is 17.6 Å². The van der Waals surface area contributed by atoms with Gasteiger partial charge in [0.25, 0.3) is 0 Å². The zero-order valence-electron chi connectivity index (χ0n) is 16.1. The van der Waals surface area contributed by atoms with Gasteiger partial charge in [-0.05, 0) is 19.3 Å². The van der Waals surface area contributed by atoms with Gasteiger partial charge in [-0.15, -0.1) is 0 Å². The fraction of sp³-hybridized carbons (Fsp3) is 0.619. The van der Waals surface area contributed by atoms with Crippen molar-refractivity contribution in [3.8, 4) is 5.75 Å². The Morgan fingerprint density at radius 2 is 1.33 bits per heavy atom. The predicted octanol–water partition coefficient (Wildman–Crippen LogP) is 5.72. The van der Waals surface area contributed by atoms with Crippen molar-refractivity contribution < 1.29 is 27.8 Å². The first-order valence-electron chi connectivity index (χ1n) is 9.83. The fourth-order valence-electron chi connectivity index (χ4n) is 2.63. The van der Waals surface area contributed by atoms with Crippen LogP contribution in [0, 0.1) is 11.6 Å². The number of benzene rings is 1. The maximum Gasteiger partial charge on any atom is 0.311 e. The van der Waals surface area contributed by atoms with Crippen LogP contribution in [0.15, 0.2) is 18.2 Å². The summed E-state index contributed by atoms with van der Waals surface area (Å²) in [6, 6.07) is 2.69. The summed E-state index contributed by atoms with van der Waals surface area (Å²) in [5.74, 6) is -2.28. The van der Waals surface area contributed by atoms with E-state index in [4.69, 9.17) is 9.47 Å². The molecule has 0 radical (unpaired) electrons. The Kier molecular flexibility index (Phi) is 12.1. The van der Waals surface area contributed by atoms with Crippen LogP contribution in [0.25, 0.3) is 0 Å². The third kappa shape index (κ3) is 12.1. The van der Waals surface area contributed by atoms with E-state index in [2.05, 4.69) is 6.92 Å². The van der Waals surface area contributed by atoms with E-state index in [0.29, 0.717) is 19.4 Å². The van der Waals surface area contributed by atoms with Gasteiger partial charge in [0.15, 0.2) is 0 Å². The molecule has 1 aromatic rings. The second-order valence-corrected chi connectivity index (χ2v) is 6.63. The van der Waals surface area contributed by atoms with Crippen molar-refractivity contribution in [2.45, 2.75) is 77.6 Å². The standard InChI is InChI=1S/C21H30F2O4/c1-2-3-10-13-26-20(24)11-8-6-4-5-7-9-12-21(25)27-19-15-17(22)14-18(23)16-19/h14-16H,2-13H2,1H3.